The molecule has 3 N–H and O–H groups in total. The molecule has 0 unspecified atom stereocenters. The molecule has 0 spiro atoms. The molecule has 0 atom stereocenters. The fraction of sp³-hybridized carbons (Fsp3) is 0. The van der Waals surface area contributed by atoms with E-state index in [9.17, 15) is 9.18 Å². The Kier molecular flexibility index (Phi) is 3.43. The second-order valence-electron chi connectivity index (χ2n) is 3.55. The zero-order valence-electron chi connectivity index (χ0n) is 9.15. The van der Waals surface area contributed by atoms with Crippen LogP contribution in [0.25, 0.3) is 0 Å². The number of hydrogen-bond donors (Lipinski definition) is 2. The molecule has 0 fully saturated rings. The van der Waals surface area contributed by atoms with Gasteiger partial charge in [-0.25, -0.2) is 4.39 Å². The van der Waals surface area contributed by atoms with Crippen LogP contribution in [-0.4, -0.2) is 10.9 Å². The van der Waals surface area contributed by atoms with Gasteiger partial charge in [0.2, 0.25) is 0 Å². The Morgan fingerprint density at radius 1 is 1.28 bits per heavy atom. The number of nitrogens with one attached hydrogen (secondary N) is 1. The molecule has 92 valence electrons. The van der Waals surface area contributed by atoms with E-state index in [1.807, 2.05) is 0 Å². The molecule has 2 aromatic rings. The molecule has 4 nitrogen and oxygen atoms in total. The number of carbonyl (C=O) groups is 1. The minimum Gasteiger partial charge on any atom is -0.364 e. The summed E-state index contributed by atoms with van der Waals surface area (Å²) < 4.78 is 13.0. The van der Waals surface area contributed by atoms with Crippen molar-refractivity contribution >= 4 is 28.9 Å². The number of nitrogens with two attached hydrogens (primary N) is 1. The van der Waals surface area contributed by atoms with Gasteiger partial charge in [0.1, 0.15) is 11.5 Å². The molecule has 1 aromatic heterocycles. The predicted molar refractivity (Wildman–Crippen MR) is 67.4 cm³/mol. The molecule has 0 radical (unpaired) electrons. The van der Waals surface area contributed by atoms with Gasteiger partial charge in [0.25, 0.3) is 5.91 Å². The Labute approximate surface area is 108 Å². The first-order chi connectivity index (χ1) is 8.56. The van der Waals surface area contributed by atoms with Crippen LogP contribution >= 0.6 is 11.6 Å². The van der Waals surface area contributed by atoms with Crippen molar-refractivity contribution in [3.05, 3.63) is 53.1 Å². The van der Waals surface area contributed by atoms with Crippen LogP contribution < -0.4 is 11.1 Å². The van der Waals surface area contributed by atoms with Gasteiger partial charge in [-0.05, 0) is 30.3 Å². The average Bonchev–Trinajstić information content (AvgIpc) is 2.34. The van der Waals surface area contributed by atoms with E-state index in [2.05, 4.69) is 10.3 Å². The molecule has 6 heteroatoms. The van der Waals surface area contributed by atoms with Crippen molar-refractivity contribution in [1.82, 2.24) is 4.98 Å². The highest BCUT2D eigenvalue weighted by Crippen LogP contribution is 2.22. The van der Waals surface area contributed by atoms with Gasteiger partial charge in [-0.15, -0.1) is 0 Å². The number of hydrogen-bond acceptors (Lipinski definition) is 3. The van der Waals surface area contributed by atoms with E-state index in [4.69, 9.17) is 17.3 Å². The summed E-state index contributed by atoms with van der Waals surface area (Å²) in [7, 11) is 0. The quantitative estimate of drug-likeness (QED) is 0.897. The van der Waals surface area contributed by atoms with Crippen LogP contribution in [0.5, 0.6) is 0 Å². The molecule has 0 saturated heterocycles. The van der Waals surface area contributed by atoms with E-state index in [1.54, 1.807) is 6.07 Å². The second-order valence-corrected chi connectivity index (χ2v) is 3.96. The SMILES string of the molecule is NC(=O)c1cc(Nc2ccc(F)c(Cl)c2)ccn1. The number of primary amides is 1. The Morgan fingerprint density at radius 2 is 2.00 bits per heavy atom. The van der Waals surface area contributed by atoms with Crippen LogP contribution in [0.15, 0.2) is 36.5 Å². The van der Waals surface area contributed by atoms with Gasteiger partial charge >= 0.3 is 0 Å². The van der Waals surface area contributed by atoms with Crippen LogP contribution in [0.3, 0.4) is 0 Å². The molecule has 0 saturated carbocycles. The lowest BCUT2D eigenvalue weighted by molar-refractivity contribution is 0.0995. The third-order valence-corrected chi connectivity index (χ3v) is 2.51. The number of rotatable bonds is 3. The lowest BCUT2D eigenvalue weighted by atomic mass is 10.2. The maximum absolute atomic E-state index is 13.0. The number of anilines is 2. The largest absolute Gasteiger partial charge is 0.364 e. The Balaban J connectivity index is 2.25. The van der Waals surface area contributed by atoms with E-state index in [1.165, 1.54) is 30.5 Å². The standard InChI is InChI=1S/C12H9ClFN3O/c13-9-5-7(1-2-10(9)14)17-8-3-4-16-11(6-8)12(15)18/h1-6H,(H2,15,18)(H,16,17). The van der Waals surface area contributed by atoms with Crippen LogP contribution in [-0.2, 0) is 0 Å². The topological polar surface area (TPSA) is 68.0 Å². The summed E-state index contributed by atoms with van der Waals surface area (Å²) in [5.74, 6) is -1.11. The van der Waals surface area contributed by atoms with Crippen LogP contribution in [0.1, 0.15) is 10.5 Å². The summed E-state index contributed by atoms with van der Waals surface area (Å²) in [6.07, 6.45) is 1.45. The molecule has 2 rings (SSSR count). The molecule has 1 amide bonds. The number of halogens is 2. The third kappa shape index (κ3) is 2.75. The molecule has 0 aliphatic carbocycles. The van der Waals surface area contributed by atoms with Gasteiger partial charge in [0.05, 0.1) is 5.02 Å². The van der Waals surface area contributed by atoms with Crippen molar-refractivity contribution in [3.8, 4) is 0 Å². The Hall–Kier alpha value is -2.14. The van der Waals surface area contributed by atoms with E-state index in [0.717, 1.165) is 0 Å². The van der Waals surface area contributed by atoms with E-state index in [0.29, 0.717) is 11.4 Å². The first-order valence-corrected chi connectivity index (χ1v) is 5.42. The molecular formula is C12H9ClFN3O. The van der Waals surface area contributed by atoms with Crippen LogP contribution in [0.4, 0.5) is 15.8 Å². The monoisotopic (exact) mass is 265 g/mol. The highest BCUT2D eigenvalue weighted by Gasteiger charge is 2.04. The molecule has 0 aliphatic rings. The van der Waals surface area contributed by atoms with Gasteiger partial charge in [0, 0.05) is 17.6 Å². The highest BCUT2D eigenvalue weighted by molar-refractivity contribution is 6.31. The molecule has 18 heavy (non-hydrogen) atoms. The van der Waals surface area contributed by atoms with Crippen LogP contribution in [0, 0.1) is 5.82 Å². The summed E-state index contributed by atoms with van der Waals surface area (Å²) >= 11 is 5.66. The van der Waals surface area contributed by atoms with Gasteiger partial charge < -0.3 is 11.1 Å². The number of amides is 1. The van der Waals surface area contributed by atoms with Gasteiger partial charge in [-0.1, -0.05) is 11.6 Å². The van der Waals surface area contributed by atoms with Gasteiger partial charge in [0.15, 0.2) is 0 Å². The zero-order chi connectivity index (χ0) is 13.1. The minimum atomic E-state index is -0.615. The summed E-state index contributed by atoms with van der Waals surface area (Å²) in [5.41, 5.74) is 6.48. The van der Waals surface area contributed by atoms with Crippen molar-refractivity contribution in [2.45, 2.75) is 0 Å². The number of carbonyl (C=O) groups excluding carboxylic acids is 1. The highest BCUT2D eigenvalue weighted by atomic mass is 35.5. The number of benzene rings is 1. The Morgan fingerprint density at radius 3 is 2.67 bits per heavy atom. The first-order valence-electron chi connectivity index (χ1n) is 5.04. The molecule has 1 aromatic carbocycles. The number of nitrogens with zero attached hydrogens (tertiary/aromatic N) is 1. The van der Waals surface area contributed by atoms with E-state index in [-0.39, 0.29) is 10.7 Å². The summed E-state index contributed by atoms with van der Waals surface area (Å²) in [6.45, 7) is 0. The molecule has 0 bridgehead atoms. The molecule has 0 aliphatic heterocycles. The number of aromatic nitrogens is 1. The van der Waals surface area contributed by atoms with Crippen molar-refractivity contribution in [2.75, 3.05) is 5.32 Å². The minimum absolute atomic E-state index is 0.0178. The third-order valence-electron chi connectivity index (χ3n) is 2.22. The molecular weight excluding hydrogens is 257 g/mol. The zero-order valence-corrected chi connectivity index (χ0v) is 9.91. The maximum atomic E-state index is 13.0. The lowest BCUT2D eigenvalue weighted by Gasteiger charge is -2.07. The summed E-state index contributed by atoms with van der Waals surface area (Å²) in [4.78, 5) is 14.8. The second kappa shape index (κ2) is 5.01. The normalized spacial score (nSPS) is 10.1. The van der Waals surface area contributed by atoms with Crippen molar-refractivity contribution in [2.24, 2.45) is 5.73 Å². The average molecular weight is 266 g/mol. The van der Waals surface area contributed by atoms with Crippen LogP contribution in [0.2, 0.25) is 5.02 Å². The summed E-state index contributed by atoms with van der Waals surface area (Å²) in [5, 5.41) is 2.99. The Bertz CT molecular complexity index is 604. The van der Waals surface area contributed by atoms with E-state index < -0.39 is 11.7 Å². The van der Waals surface area contributed by atoms with Gasteiger partial charge in [-0.3, -0.25) is 9.78 Å². The smallest absolute Gasteiger partial charge is 0.267 e. The molecule has 1 heterocycles. The van der Waals surface area contributed by atoms with Crippen molar-refractivity contribution in [1.29, 1.82) is 0 Å². The summed E-state index contributed by atoms with van der Waals surface area (Å²) in [6, 6.07) is 7.39. The maximum Gasteiger partial charge on any atom is 0.267 e. The lowest BCUT2D eigenvalue weighted by Crippen LogP contribution is -2.12. The van der Waals surface area contributed by atoms with Crippen molar-refractivity contribution in [3.63, 3.8) is 0 Å². The fourth-order valence-corrected chi connectivity index (χ4v) is 1.56. The first kappa shape index (κ1) is 12.3. The fourth-order valence-electron chi connectivity index (χ4n) is 1.38. The van der Waals surface area contributed by atoms with E-state index >= 15 is 0 Å². The predicted octanol–water partition coefficient (Wildman–Crippen LogP) is 2.72. The van der Waals surface area contributed by atoms with Crippen molar-refractivity contribution < 1.29 is 9.18 Å². The van der Waals surface area contributed by atoms with Gasteiger partial charge in [-0.2, -0.15) is 0 Å². The number of pyridine rings is 1.